The molecule has 2 fully saturated rings. The van der Waals surface area contributed by atoms with Crippen molar-refractivity contribution in [2.24, 2.45) is 11.8 Å². The van der Waals surface area contributed by atoms with Crippen LogP contribution in [0.1, 0.15) is 133 Å². The van der Waals surface area contributed by atoms with Gasteiger partial charge < -0.3 is 0 Å². The summed E-state index contributed by atoms with van der Waals surface area (Å²) in [5, 5.41) is 0. The highest BCUT2D eigenvalue weighted by Gasteiger charge is 2.23. The number of hydrogen-bond acceptors (Lipinski definition) is 0. The minimum Gasteiger partial charge on any atom is -0.0654 e. The van der Waals surface area contributed by atoms with Gasteiger partial charge in [0.05, 0.1) is 0 Å². The molecule has 180 valence electrons. The molecule has 2 aromatic rings. The van der Waals surface area contributed by atoms with Gasteiger partial charge in [-0.05, 0) is 97.3 Å². The summed E-state index contributed by atoms with van der Waals surface area (Å²) in [6.07, 6.45) is 21.3. The molecule has 2 aliphatic rings. The molecule has 0 amide bonds. The lowest BCUT2D eigenvalue weighted by Crippen LogP contribution is -2.13. The quantitative estimate of drug-likeness (QED) is 0.320. The van der Waals surface area contributed by atoms with Crippen LogP contribution in [-0.4, -0.2) is 0 Å². The van der Waals surface area contributed by atoms with Crippen LogP contribution in [0.15, 0.2) is 48.5 Å². The third-order valence-corrected chi connectivity index (χ3v) is 8.95. The zero-order chi connectivity index (χ0) is 22.9. The van der Waals surface area contributed by atoms with Crippen molar-refractivity contribution >= 4 is 0 Å². The predicted molar refractivity (Wildman–Crippen MR) is 145 cm³/mol. The summed E-state index contributed by atoms with van der Waals surface area (Å²) in [5.74, 6) is 3.56. The molecular formula is C33H48. The third kappa shape index (κ3) is 6.97. The van der Waals surface area contributed by atoms with Crippen LogP contribution in [0.2, 0.25) is 0 Å². The normalized spacial score (nSPS) is 25.8. The lowest BCUT2D eigenvalue weighted by molar-refractivity contribution is 0.302. The van der Waals surface area contributed by atoms with Crippen molar-refractivity contribution in [3.8, 4) is 11.1 Å². The third-order valence-electron chi connectivity index (χ3n) is 8.95. The maximum absolute atomic E-state index is 2.42. The summed E-state index contributed by atoms with van der Waals surface area (Å²) in [6, 6.07) is 19.1. The lowest BCUT2D eigenvalue weighted by Gasteiger charge is -2.29. The summed E-state index contributed by atoms with van der Waals surface area (Å²) in [7, 11) is 0. The highest BCUT2D eigenvalue weighted by atomic mass is 14.3. The predicted octanol–water partition coefficient (Wildman–Crippen LogP) is 10.7. The minimum atomic E-state index is 0.788. The van der Waals surface area contributed by atoms with E-state index in [0.29, 0.717) is 0 Å². The minimum absolute atomic E-state index is 0.788. The van der Waals surface area contributed by atoms with Gasteiger partial charge in [-0.3, -0.25) is 0 Å². The van der Waals surface area contributed by atoms with Gasteiger partial charge in [0.2, 0.25) is 0 Å². The van der Waals surface area contributed by atoms with E-state index in [-0.39, 0.29) is 0 Å². The van der Waals surface area contributed by atoms with Gasteiger partial charge in [-0.2, -0.15) is 0 Å². The first-order valence-electron chi connectivity index (χ1n) is 14.5. The van der Waals surface area contributed by atoms with Gasteiger partial charge in [-0.25, -0.2) is 0 Å². The van der Waals surface area contributed by atoms with Gasteiger partial charge >= 0.3 is 0 Å². The fourth-order valence-corrected chi connectivity index (χ4v) is 6.73. The van der Waals surface area contributed by atoms with Gasteiger partial charge in [0.1, 0.15) is 0 Å². The van der Waals surface area contributed by atoms with E-state index in [1.54, 1.807) is 11.1 Å². The first-order valence-corrected chi connectivity index (χ1v) is 14.5. The molecule has 33 heavy (non-hydrogen) atoms. The van der Waals surface area contributed by atoms with Crippen molar-refractivity contribution in [2.75, 3.05) is 0 Å². The van der Waals surface area contributed by atoms with Gasteiger partial charge in [0, 0.05) is 0 Å². The monoisotopic (exact) mass is 444 g/mol. The fourth-order valence-electron chi connectivity index (χ4n) is 6.73. The Kier molecular flexibility index (Phi) is 9.51. The van der Waals surface area contributed by atoms with Crippen LogP contribution in [0, 0.1) is 11.8 Å². The van der Waals surface area contributed by atoms with Gasteiger partial charge in [0.25, 0.3) is 0 Å². The molecule has 0 atom stereocenters. The van der Waals surface area contributed by atoms with Crippen LogP contribution in [0.25, 0.3) is 11.1 Å². The Balaban J connectivity index is 1.26. The van der Waals surface area contributed by atoms with E-state index in [1.165, 1.54) is 107 Å². The lowest BCUT2D eigenvalue weighted by atomic mass is 9.76. The molecule has 2 aliphatic carbocycles. The van der Waals surface area contributed by atoms with Crippen molar-refractivity contribution in [3.63, 3.8) is 0 Å². The second-order valence-electron chi connectivity index (χ2n) is 11.3. The smallest absolute Gasteiger partial charge is 0.0162 e. The fraction of sp³-hybridized carbons (Fsp3) is 0.636. The van der Waals surface area contributed by atoms with E-state index in [1.807, 2.05) is 0 Å². The maximum atomic E-state index is 2.42. The molecular weight excluding hydrogens is 396 g/mol. The van der Waals surface area contributed by atoms with Crippen LogP contribution < -0.4 is 0 Å². The highest BCUT2D eigenvalue weighted by molar-refractivity contribution is 5.64. The van der Waals surface area contributed by atoms with Crippen molar-refractivity contribution in [3.05, 3.63) is 59.7 Å². The van der Waals surface area contributed by atoms with Crippen molar-refractivity contribution in [1.29, 1.82) is 0 Å². The second-order valence-corrected chi connectivity index (χ2v) is 11.3. The Bertz CT molecular complexity index is 783. The van der Waals surface area contributed by atoms with E-state index in [0.717, 1.165) is 23.7 Å². The number of rotatable bonds is 10. The summed E-state index contributed by atoms with van der Waals surface area (Å²) >= 11 is 0. The van der Waals surface area contributed by atoms with Gasteiger partial charge in [-0.1, -0.05) is 107 Å². The summed E-state index contributed by atoms with van der Waals surface area (Å²) < 4.78 is 0. The number of benzene rings is 2. The molecule has 0 saturated heterocycles. The summed E-state index contributed by atoms with van der Waals surface area (Å²) in [6.45, 7) is 4.64. The molecule has 0 radical (unpaired) electrons. The van der Waals surface area contributed by atoms with Crippen LogP contribution in [0.4, 0.5) is 0 Å². The SMILES string of the molecule is CCCCCC[C@H]1CC[C@H](c2ccc(-c3ccc([C@H]4CC[C@H](CCC)CC4)cc3)cc2)CC1. The van der Waals surface area contributed by atoms with Crippen LogP contribution in [-0.2, 0) is 0 Å². The zero-order valence-electron chi connectivity index (χ0n) is 21.5. The van der Waals surface area contributed by atoms with Crippen molar-refractivity contribution in [2.45, 2.75) is 122 Å². The van der Waals surface area contributed by atoms with E-state index in [2.05, 4.69) is 62.4 Å². The first kappa shape index (κ1) is 24.6. The topological polar surface area (TPSA) is 0 Å². The Morgan fingerprint density at radius 1 is 0.485 bits per heavy atom. The molecule has 0 N–H and O–H groups in total. The van der Waals surface area contributed by atoms with E-state index in [9.17, 15) is 0 Å². The maximum Gasteiger partial charge on any atom is -0.0162 e. The Morgan fingerprint density at radius 3 is 1.36 bits per heavy atom. The van der Waals surface area contributed by atoms with Crippen LogP contribution >= 0.6 is 0 Å². The highest BCUT2D eigenvalue weighted by Crippen LogP contribution is 2.39. The van der Waals surface area contributed by atoms with E-state index < -0.39 is 0 Å². The molecule has 0 bridgehead atoms. The van der Waals surface area contributed by atoms with E-state index in [4.69, 9.17) is 0 Å². The van der Waals surface area contributed by atoms with Crippen molar-refractivity contribution in [1.82, 2.24) is 0 Å². The molecule has 0 nitrogen and oxygen atoms in total. The molecule has 2 aromatic carbocycles. The average Bonchev–Trinajstić information content (AvgIpc) is 2.88. The first-order chi connectivity index (χ1) is 16.3. The molecule has 0 aromatic heterocycles. The molecule has 0 aliphatic heterocycles. The Hall–Kier alpha value is -1.56. The average molecular weight is 445 g/mol. The molecule has 4 rings (SSSR count). The number of hydrogen-bond donors (Lipinski definition) is 0. The summed E-state index contributed by atoms with van der Waals surface area (Å²) in [5.41, 5.74) is 5.89. The van der Waals surface area contributed by atoms with Crippen molar-refractivity contribution < 1.29 is 0 Å². The standard InChI is InChI=1S/C33H48/c1-3-5-6-7-9-27-12-16-29(17-13-27)31-20-24-33(25-21-31)32-22-18-30(19-23-32)28-14-10-26(8-4-2)11-15-28/h18-29H,3-17H2,1-2H3/t26-,27-,28-,29-. The van der Waals surface area contributed by atoms with Gasteiger partial charge in [-0.15, -0.1) is 0 Å². The van der Waals surface area contributed by atoms with Gasteiger partial charge in [0.15, 0.2) is 0 Å². The van der Waals surface area contributed by atoms with Crippen LogP contribution in [0.5, 0.6) is 0 Å². The summed E-state index contributed by atoms with van der Waals surface area (Å²) in [4.78, 5) is 0. The largest absolute Gasteiger partial charge is 0.0654 e. The number of unbranched alkanes of at least 4 members (excludes halogenated alkanes) is 3. The van der Waals surface area contributed by atoms with E-state index >= 15 is 0 Å². The molecule has 0 heterocycles. The second kappa shape index (κ2) is 12.8. The molecule has 0 heteroatoms. The van der Waals surface area contributed by atoms with Crippen LogP contribution in [0.3, 0.4) is 0 Å². The zero-order valence-corrected chi connectivity index (χ0v) is 21.5. The Labute approximate surface area is 204 Å². The molecule has 2 saturated carbocycles. The molecule has 0 spiro atoms. The molecule has 0 unspecified atom stereocenters. The Morgan fingerprint density at radius 2 is 0.939 bits per heavy atom.